The van der Waals surface area contributed by atoms with Gasteiger partial charge < -0.3 is 4.90 Å². The lowest BCUT2D eigenvalue weighted by Gasteiger charge is -2.46. The fourth-order valence-corrected chi connectivity index (χ4v) is 2.60. The van der Waals surface area contributed by atoms with Crippen molar-refractivity contribution in [3.63, 3.8) is 0 Å². The molecule has 1 unspecified atom stereocenters. The quantitative estimate of drug-likeness (QED) is 0.696. The van der Waals surface area contributed by atoms with Crippen molar-refractivity contribution in [1.82, 2.24) is 9.80 Å². The maximum atomic E-state index is 11.5. The molecule has 1 heterocycles. The second-order valence-corrected chi connectivity index (χ2v) is 4.84. The molecule has 1 amide bonds. The molecule has 0 aliphatic carbocycles. The highest BCUT2D eigenvalue weighted by Gasteiger charge is 2.32. The van der Waals surface area contributed by atoms with Gasteiger partial charge in [-0.1, -0.05) is 6.92 Å². The lowest BCUT2D eigenvalue weighted by Crippen LogP contribution is -2.59. The van der Waals surface area contributed by atoms with E-state index in [1.165, 1.54) is 6.42 Å². The smallest absolute Gasteiger partial charge is 0.220 e. The van der Waals surface area contributed by atoms with Crippen LogP contribution in [0, 0.1) is 0 Å². The molecule has 3 atom stereocenters. The number of carbonyl (C=O) groups excluding carboxylic acids is 1. The largest absolute Gasteiger partial charge is 0.335 e. The first-order chi connectivity index (χ1) is 6.97. The number of hydrogen-bond acceptors (Lipinski definition) is 2. The van der Waals surface area contributed by atoms with Gasteiger partial charge in [0.1, 0.15) is 0 Å². The highest BCUT2D eigenvalue weighted by molar-refractivity contribution is 5.74. The van der Waals surface area contributed by atoms with Gasteiger partial charge in [-0.05, 0) is 27.2 Å². The Morgan fingerprint density at radius 2 is 1.80 bits per heavy atom. The van der Waals surface area contributed by atoms with Crippen LogP contribution in [0.15, 0.2) is 0 Å². The van der Waals surface area contributed by atoms with E-state index in [1.807, 2.05) is 4.90 Å². The molecule has 0 bridgehead atoms. The summed E-state index contributed by atoms with van der Waals surface area (Å²) in [5.41, 5.74) is 0. The first-order valence-electron chi connectivity index (χ1n) is 6.00. The Kier molecular flexibility index (Phi) is 4.14. The van der Waals surface area contributed by atoms with Gasteiger partial charge in [-0.25, -0.2) is 0 Å². The van der Waals surface area contributed by atoms with E-state index in [-0.39, 0.29) is 5.91 Å². The Balaban J connectivity index is 2.66. The van der Waals surface area contributed by atoms with Crippen LogP contribution in [0.2, 0.25) is 0 Å². The molecule has 0 aromatic rings. The average molecular weight is 212 g/mol. The van der Waals surface area contributed by atoms with Crippen LogP contribution in [0.25, 0.3) is 0 Å². The first-order valence-corrected chi connectivity index (χ1v) is 6.00. The molecule has 3 heteroatoms. The normalized spacial score (nSPS) is 30.3. The van der Waals surface area contributed by atoms with Crippen LogP contribution in [-0.4, -0.2) is 46.9 Å². The fourth-order valence-electron chi connectivity index (χ4n) is 2.60. The van der Waals surface area contributed by atoms with Gasteiger partial charge in [-0.15, -0.1) is 0 Å². The van der Waals surface area contributed by atoms with Crippen LogP contribution in [0.5, 0.6) is 0 Å². The number of carbonyl (C=O) groups is 1. The molecule has 1 saturated heterocycles. The number of piperazine rings is 1. The van der Waals surface area contributed by atoms with E-state index in [9.17, 15) is 4.79 Å². The highest BCUT2D eigenvalue weighted by Crippen LogP contribution is 2.18. The first kappa shape index (κ1) is 12.5. The zero-order valence-electron chi connectivity index (χ0n) is 10.7. The minimum Gasteiger partial charge on any atom is -0.335 e. The predicted octanol–water partition coefficient (Wildman–Crippen LogP) is 1.73. The van der Waals surface area contributed by atoms with Crippen LogP contribution in [-0.2, 0) is 4.79 Å². The van der Waals surface area contributed by atoms with Gasteiger partial charge in [0.15, 0.2) is 0 Å². The molecule has 0 saturated carbocycles. The summed E-state index contributed by atoms with van der Waals surface area (Å²) in [6.45, 7) is 12.5. The summed E-state index contributed by atoms with van der Waals surface area (Å²) in [6.07, 6.45) is 1.18. The van der Waals surface area contributed by atoms with E-state index in [4.69, 9.17) is 0 Å². The maximum Gasteiger partial charge on any atom is 0.220 e. The van der Waals surface area contributed by atoms with Crippen molar-refractivity contribution in [2.24, 2.45) is 0 Å². The molecule has 0 spiro atoms. The van der Waals surface area contributed by atoms with Crippen LogP contribution >= 0.6 is 0 Å². The second kappa shape index (κ2) is 4.97. The summed E-state index contributed by atoms with van der Waals surface area (Å²) in [5, 5.41) is 0. The summed E-state index contributed by atoms with van der Waals surface area (Å²) >= 11 is 0. The van der Waals surface area contributed by atoms with E-state index < -0.39 is 0 Å². The van der Waals surface area contributed by atoms with E-state index in [2.05, 4.69) is 32.6 Å². The molecule has 0 aromatic heterocycles. The summed E-state index contributed by atoms with van der Waals surface area (Å²) < 4.78 is 0. The molecule has 88 valence electrons. The topological polar surface area (TPSA) is 23.6 Å². The Labute approximate surface area is 93.4 Å². The van der Waals surface area contributed by atoms with Gasteiger partial charge >= 0.3 is 0 Å². The highest BCUT2D eigenvalue weighted by atomic mass is 16.2. The number of rotatable bonds is 2. The van der Waals surface area contributed by atoms with Crippen molar-refractivity contribution in [3.05, 3.63) is 0 Å². The van der Waals surface area contributed by atoms with Gasteiger partial charge in [0.05, 0.1) is 0 Å². The fraction of sp³-hybridized carbons (Fsp3) is 0.917. The van der Waals surface area contributed by atoms with Crippen molar-refractivity contribution in [1.29, 1.82) is 0 Å². The predicted molar refractivity (Wildman–Crippen MR) is 62.8 cm³/mol. The van der Waals surface area contributed by atoms with Gasteiger partial charge in [0.25, 0.3) is 0 Å². The minimum atomic E-state index is 0.207. The van der Waals surface area contributed by atoms with E-state index in [0.29, 0.717) is 18.1 Å². The Hall–Kier alpha value is -0.570. The molecule has 0 radical (unpaired) electrons. The van der Waals surface area contributed by atoms with Crippen LogP contribution in [0.4, 0.5) is 0 Å². The molecule has 1 fully saturated rings. The minimum absolute atomic E-state index is 0.207. The van der Waals surface area contributed by atoms with E-state index in [0.717, 1.165) is 13.1 Å². The summed E-state index contributed by atoms with van der Waals surface area (Å²) in [7, 11) is 0. The monoisotopic (exact) mass is 212 g/mol. The molecule has 15 heavy (non-hydrogen) atoms. The Bertz CT molecular complexity index is 218. The van der Waals surface area contributed by atoms with Gasteiger partial charge in [-0.2, -0.15) is 0 Å². The molecule has 1 aliphatic heterocycles. The third-order valence-electron chi connectivity index (χ3n) is 3.52. The number of hydrogen-bond donors (Lipinski definition) is 0. The lowest BCUT2D eigenvalue weighted by molar-refractivity contribution is -0.137. The van der Waals surface area contributed by atoms with Gasteiger partial charge in [0.2, 0.25) is 5.91 Å². The zero-order valence-corrected chi connectivity index (χ0v) is 10.7. The molecule has 1 aliphatic rings. The van der Waals surface area contributed by atoms with Crippen molar-refractivity contribution in [3.8, 4) is 0 Å². The van der Waals surface area contributed by atoms with Gasteiger partial charge in [0, 0.05) is 38.1 Å². The van der Waals surface area contributed by atoms with E-state index in [1.54, 1.807) is 6.92 Å². The summed E-state index contributed by atoms with van der Waals surface area (Å²) in [6, 6.07) is 1.32. The van der Waals surface area contributed by atoms with Gasteiger partial charge in [-0.3, -0.25) is 9.69 Å². The van der Waals surface area contributed by atoms with E-state index >= 15 is 0 Å². The third-order valence-corrected chi connectivity index (χ3v) is 3.52. The molecular weight excluding hydrogens is 188 g/mol. The number of amides is 1. The molecule has 0 N–H and O–H groups in total. The van der Waals surface area contributed by atoms with Crippen molar-refractivity contribution >= 4 is 5.91 Å². The summed E-state index contributed by atoms with van der Waals surface area (Å²) in [5.74, 6) is 0.207. The van der Waals surface area contributed by atoms with Crippen LogP contribution < -0.4 is 0 Å². The van der Waals surface area contributed by atoms with Crippen LogP contribution in [0.3, 0.4) is 0 Å². The maximum absolute atomic E-state index is 11.5. The van der Waals surface area contributed by atoms with Crippen molar-refractivity contribution in [2.45, 2.75) is 59.2 Å². The Morgan fingerprint density at radius 3 is 2.13 bits per heavy atom. The molecule has 3 nitrogen and oxygen atoms in total. The Morgan fingerprint density at radius 1 is 1.33 bits per heavy atom. The molecule has 0 aromatic carbocycles. The lowest BCUT2D eigenvalue weighted by atomic mass is 10.1. The molecule has 1 rings (SSSR count). The third kappa shape index (κ3) is 2.71. The average Bonchev–Trinajstić information content (AvgIpc) is 2.14. The zero-order chi connectivity index (χ0) is 11.6. The van der Waals surface area contributed by atoms with Crippen molar-refractivity contribution in [2.75, 3.05) is 13.1 Å². The number of nitrogens with zero attached hydrogens (tertiary/aromatic N) is 2. The van der Waals surface area contributed by atoms with Crippen LogP contribution in [0.1, 0.15) is 41.0 Å². The van der Waals surface area contributed by atoms with Crippen molar-refractivity contribution < 1.29 is 4.79 Å². The standard InChI is InChI=1S/C12H24N2O/c1-6-9(2)13-7-10(3)14(12(5)15)11(4)8-13/h9-11H,6-8H2,1-5H3/t9?,10-,11+. The second-order valence-electron chi connectivity index (χ2n) is 4.84. The SMILES string of the molecule is CCC(C)N1C[C@@H](C)N(C(C)=O)[C@@H](C)C1. The summed E-state index contributed by atoms with van der Waals surface area (Å²) in [4.78, 5) is 16.0. The molecular formula is C12H24N2O.